The molecule has 8 heterocycles. The van der Waals surface area contributed by atoms with Crippen molar-refractivity contribution in [2.45, 2.75) is 91.9 Å². The molecule has 9 rings (SSSR count). The molecule has 58 heavy (non-hydrogen) atoms. The van der Waals surface area contributed by atoms with E-state index in [2.05, 4.69) is 146 Å². The Bertz CT molecular complexity index is 2460. The van der Waals surface area contributed by atoms with Crippen molar-refractivity contribution in [3.05, 3.63) is 105 Å². The van der Waals surface area contributed by atoms with E-state index in [9.17, 15) is 0 Å². The number of hydrogen-bond acceptors (Lipinski definition) is 8. The summed E-state index contributed by atoms with van der Waals surface area (Å²) in [6.45, 7) is 9.41. The maximum atomic E-state index is 2.56. The van der Waals surface area contributed by atoms with Crippen molar-refractivity contribution >= 4 is 111 Å². The van der Waals surface area contributed by atoms with Crippen LogP contribution in [0.1, 0.15) is 88.8 Å². The molecule has 0 spiro atoms. The Labute approximate surface area is 376 Å². The van der Waals surface area contributed by atoms with Crippen LogP contribution in [0.3, 0.4) is 0 Å². The number of thiophene rings is 8. The third-order valence-corrected chi connectivity index (χ3v) is 20.8. The van der Waals surface area contributed by atoms with Gasteiger partial charge >= 0.3 is 0 Å². The van der Waals surface area contributed by atoms with Gasteiger partial charge in [0.05, 0.1) is 0 Å². The molecule has 0 saturated heterocycles. The van der Waals surface area contributed by atoms with Gasteiger partial charge in [-0.05, 0) is 108 Å². The Morgan fingerprint density at radius 3 is 1.21 bits per heavy atom. The summed E-state index contributed by atoms with van der Waals surface area (Å²) in [5.74, 6) is 1.51. The lowest BCUT2D eigenvalue weighted by molar-refractivity contribution is 0.452. The quantitative estimate of drug-likeness (QED) is 0.0805. The van der Waals surface area contributed by atoms with Crippen LogP contribution in [0.5, 0.6) is 0 Å². The predicted octanol–water partition coefficient (Wildman–Crippen LogP) is 20.0. The second-order valence-electron chi connectivity index (χ2n) is 15.5. The molecule has 0 saturated carbocycles. The SMILES string of the molecule is CCCCC(CC)Cc1ccc(-c2c3cc(-c4ccc(-c5cccs5)s4)sc3c(-c3ccc(CC(CC)CCCC)s3)c3cc(-c4ccc(-c5cccs5)s4)sc23)s1. The fraction of sp³-hybridized carbons (Fsp3) is 0.320. The fourth-order valence-corrected chi connectivity index (χ4v) is 17.1. The van der Waals surface area contributed by atoms with Gasteiger partial charge in [-0.1, -0.05) is 91.2 Å². The molecule has 0 aliphatic carbocycles. The van der Waals surface area contributed by atoms with Crippen molar-refractivity contribution in [2.24, 2.45) is 11.8 Å². The molecule has 0 radical (unpaired) electrons. The highest BCUT2D eigenvalue weighted by Crippen LogP contribution is 2.55. The lowest BCUT2D eigenvalue weighted by Crippen LogP contribution is -2.01. The van der Waals surface area contributed by atoms with Crippen molar-refractivity contribution in [1.29, 1.82) is 0 Å². The zero-order valence-electron chi connectivity index (χ0n) is 33.7. The molecule has 0 nitrogen and oxygen atoms in total. The van der Waals surface area contributed by atoms with Crippen molar-refractivity contribution in [2.75, 3.05) is 0 Å². The van der Waals surface area contributed by atoms with Gasteiger partial charge in [-0.15, -0.1) is 90.7 Å². The summed E-state index contributed by atoms with van der Waals surface area (Å²) >= 11 is 15.7. The minimum atomic E-state index is 0.755. The van der Waals surface area contributed by atoms with E-state index in [0.717, 1.165) is 11.8 Å². The van der Waals surface area contributed by atoms with Gasteiger partial charge in [-0.2, -0.15) is 0 Å². The Kier molecular flexibility index (Phi) is 13.0. The normalized spacial score (nSPS) is 13.0. The summed E-state index contributed by atoms with van der Waals surface area (Å²) in [5.41, 5.74) is 2.88. The van der Waals surface area contributed by atoms with Crippen LogP contribution in [-0.4, -0.2) is 0 Å². The van der Waals surface area contributed by atoms with E-state index in [0.29, 0.717) is 0 Å². The van der Waals surface area contributed by atoms with E-state index >= 15 is 0 Å². The molecule has 0 aliphatic rings. The summed E-state index contributed by atoms with van der Waals surface area (Å²) in [6, 6.07) is 33.2. The molecule has 0 fully saturated rings. The Balaban J connectivity index is 1.24. The average molecular weight is 907 g/mol. The van der Waals surface area contributed by atoms with E-state index in [1.54, 1.807) is 0 Å². The first kappa shape index (κ1) is 40.7. The van der Waals surface area contributed by atoms with Crippen LogP contribution in [0.4, 0.5) is 0 Å². The summed E-state index contributed by atoms with van der Waals surface area (Å²) in [5, 5.41) is 7.22. The summed E-state index contributed by atoms with van der Waals surface area (Å²) in [6.07, 6.45) is 12.7. The van der Waals surface area contributed by atoms with E-state index in [1.807, 2.05) is 68.0 Å². The zero-order chi connectivity index (χ0) is 39.6. The van der Waals surface area contributed by atoms with Crippen LogP contribution in [0, 0.1) is 11.8 Å². The predicted molar refractivity (Wildman–Crippen MR) is 271 cm³/mol. The molecular weight excluding hydrogens is 857 g/mol. The van der Waals surface area contributed by atoms with E-state index in [1.165, 1.54) is 154 Å². The van der Waals surface area contributed by atoms with Crippen LogP contribution in [0.2, 0.25) is 0 Å². The van der Waals surface area contributed by atoms with Gasteiger partial charge < -0.3 is 0 Å². The van der Waals surface area contributed by atoms with Crippen LogP contribution < -0.4 is 0 Å². The molecule has 8 heteroatoms. The van der Waals surface area contributed by atoms with Gasteiger partial charge in [0.1, 0.15) is 0 Å². The molecular formula is C50H50S8. The zero-order valence-corrected chi connectivity index (χ0v) is 40.3. The molecule has 0 bridgehead atoms. The molecule has 2 unspecified atom stereocenters. The second-order valence-corrected chi connectivity index (χ2v) is 24.0. The molecule has 8 aromatic heterocycles. The lowest BCUT2D eigenvalue weighted by atomic mass is 9.95. The first-order valence-corrected chi connectivity index (χ1v) is 27.7. The lowest BCUT2D eigenvalue weighted by Gasteiger charge is -2.13. The molecule has 0 amide bonds. The molecule has 1 aromatic carbocycles. The van der Waals surface area contributed by atoms with Gasteiger partial charge in [0.25, 0.3) is 0 Å². The smallest absolute Gasteiger partial charge is 0.0455 e. The average Bonchev–Trinajstić information content (AvgIpc) is 4.07. The van der Waals surface area contributed by atoms with E-state index < -0.39 is 0 Å². The largest absolute Gasteiger partial charge is 0.143 e. The minimum Gasteiger partial charge on any atom is -0.143 e. The third-order valence-electron chi connectivity index (χ3n) is 11.6. The monoisotopic (exact) mass is 906 g/mol. The van der Waals surface area contributed by atoms with Crippen LogP contribution >= 0.6 is 90.7 Å². The number of fused-ring (bicyclic) bond motifs is 2. The summed E-state index contributed by atoms with van der Waals surface area (Å²) in [7, 11) is 0. The first-order chi connectivity index (χ1) is 28.5. The van der Waals surface area contributed by atoms with Gasteiger partial charge in [-0.25, -0.2) is 0 Å². The number of benzene rings is 1. The second kappa shape index (κ2) is 18.5. The standard InChI is InChI=1S/C50H50S8/c1-5-9-13-31(7-3)27-33-17-19-43(53-33)47-35-29-45(41-23-21-39(55-41)37-15-11-25-51-37)58-50(35)48(44-20-18-34(54-44)28-32(8-4)14-10-6-2)36-30-46(57-49(36)47)42-24-22-40(56-42)38-16-12-26-52-38/h11-12,15-26,29-32H,5-10,13-14,27-28H2,1-4H3. The van der Waals surface area contributed by atoms with Gasteiger partial charge in [0.15, 0.2) is 0 Å². The van der Waals surface area contributed by atoms with Gasteiger partial charge in [0, 0.05) is 89.8 Å². The minimum absolute atomic E-state index is 0.755. The first-order valence-electron chi connectivity index (χ1n) is 21.0. The maximum absolute atomic E-state index is 2.56. The highest BCUT2D eigenvalue weighted by molar-refractivity contribution is 7.31. The number of hydrogen-bond donors (Lipinski definition) is 0. The number of rotatable bonds is 18. The number of unbranched alkanes of at least 4 members (excludes halogenated alkanes) is 2. The van der Waals surface area contributed by atoms with E-state index in [4.69, 9.17) is 0 Å². The maximum Gasteiger partial charge on any atom is 0.0455 e. The van der Waals surface area contributed by atoms with Gasteiger partial charge in [0.2, 0.25) is 0 Å². The van der Waals surface area contributed by atoms with Crippen LogP contribution in [0.25, 0.3) is 80.1 Å². The van der Waals surface area contributed by atoms with Crippen molar-refractivity contribution < 1.29 is 0 Å². The highest BCUT2D eigenvalue weighted by Gasteiger charge is 2.25. The summed E-state index contributed by atoms with van der Waals surface area (Å²) < 4.78 is 2.88. The van der Waals surface area contributed by atoms with E-state index in [-0.39, 0.29) is 0 Å². The fourth-order valence-electron chi connectivity index (χ4n) is 8.24. The molecule has 0 N–H and O–H groups in total. The van der Waals surface area contributed by atoms with Crippen molar-refractivity contribution in [1.82, 2.24) is 0 Å². The van der Waals surface area contributed by atoms with Crippen molar-refractivity contribution in [3.8, 4) is 59.9 Å². The highest BCUT2D eigenvalue weighted by atomic mass is 32.1. The molecule has 298 valence electrons. The summed E-state index contributed by atoms with van der Waals surface area (Å²) in [4.78, 5) is 16.8. The van der Waals surface area contributed by atoms with Crippen LogP contribution in [-0.2, 0) is 12.8 Å². The molecule has 9 aromatic rings. The van der Waals surface area contributed by atoms with Crippen molar-refractivity contribution in [3.63, 3.8) is 0 Å². The molecule has 2 atom stereocenters. The molecule has 0 aliphatic heterocycles. The van der Waals surface area contributed by atoms with Crippen LogP contribution in [0.15, 0.2) is 95.7 Å². The topological polar surface area (TPSA) is 0 Å². The van der Waals surface area contributed by atoms with Gasteiger partial charge in [-0.3, -0.25) is 0 Å². The Hall–Kier alpha value is -2.66. The Morgan fingerprint density at radius 2 is 0.828 bits per heavy atom. The Morgan fingerprint density at radius 1 is 0.414 bits per heavy atom. The third kappa shape index (κ3) is 8.47.